The molecule has 28 heavy (non-hydrogen) atoms. The number of aliphatic carboxylic acids is 1. The number of anilines is 1. The molecule has 2 aromatic heterocycles. The molecule has 1 aromatic carbocycles. The second-order valence-electron chi connectivity index (χ2n) is 7.29. The Kier molecular flexibility index (Phi) is 5.13. The first-order valence-electron chi connectivity index (χ1n) is 8.99. The smallest absolute Gasteiger partial charge is 0.313 e. The van der Waals surface area contributed by atoms with Crippen LogP contribution in [0.5, 0.6) is 0 Å². The predicted octanol–water partition coefficient (Wildman–Crippen LogP) is 2.67. The second kappa shape index (κ2) is 7.38. The van der Waals surface area contributed by atoms with Crippen LogP contribution in [-0.4, -0.2) is 36.6 Å². The van der Waals surface area contributed by atoms with Crippen LogP contribution in [0.25, 0.3) is 5.78 Å². The van der Waals surface area contributed by atoms with Crippen LogP contribution in [0, 0.1) is 13.8 Å². The number of benzene rings is 1. The van der Waals surface area contributed by atoms with Crippen LogP contribution in [0.4, 0.5) is 5.69 Å². The van der Waals surface area contributed by atoms with Gasteiger partial charge in [0.1, 0.15) is 6.33 Å². The van der Waals surface area contributed by atoms with Gasteiger partial charge in [0, 0.05) is 23.5 Å². The van der Waals surface area contributed by atoms with Crippen LogP contribution in [0.1, 0.15) is 42.8 Å². The molecule has 0 atom stereocenters. The summed E-state index contributed by atoms with van der Waals surface area (Å²) in [5.41, 5.74) is 3.07. The number of nitrogens with one attached hydrogen (secondary N) is 1. The average Bonchev–Trinajstić information content (AvgIpc) is 3.10. The van der Waals surface area contributed by atoms with Gasteiger partial charge in [-0.2, -0.15) is 10.1 Å². The van der Waals surface area contributed by atoms with Gasteiger partial charge in [0.05, 0.1) is 5.41 Å². The number of hydrogen-bond acceptors (Lipinski definition) is 5. The van der Waals surface area contributed by atoms with E-state index >= 15 is 0 Å². The van der Waals surface area contributed by atoms with Gasteiger partial charge in [0.2, 0.25) is 5.91 Å². The van der Waals surface area contributed by atoms with Gasteiger partial charge in [-0.3, -0.25) is 9.59 Å². The van der Waals surface area contributed by atoms with E-state index in [4.69, 9.17) is 0 Å². The summed E-state index contributed by atoms with van der Waals surface area (Å²) in [5, 5.41) is 16.3. The second-order valence-corrected chi connectivity index (χ2v) is 7.29. The summed E-state index contributed by atoms with van der Waals surface area (Å²) in [7, 11) is 0. The van der Waals surface area contributed by atoms with E-state index < -0.39 is 11.4 Å². The Morgan fingerprint density at radius 3 is 2.50 bits per heavy atom. The molecule has 0 bridgehead atoms. The molecule has 0 unspecified atom stereocenters. The van der Waals surface area contributed by atoms with Crippen molar-refractivity contribution in [2.75, 3.05) is 5.32 Å². The minimum Gasteiger partial charge on any atom is -0.481 e. The van der Waals surface area contributed by atoms with E-state index in [2.05, 4.69) is 20.4 Å². The number of carbonyl (C=O) groups excluding carboxylic acids is 1. The Hall–Kier alpha value is -3.29. The molecule has 3 rings (SSSR count). The van der Waals surface area contributed by atoms with Crippen molar-refractivity contribution in [2.24, 2.45) is 0 Å². The molecule has 0 radical (unpaired) electrons. The van der Waals surface area contributed by atoms with Gasteiger partial charge in [-0.1, -0.05) is 12.1 Å². The highest BCUT2D eigenvalue weighted by molar-refractivity contribution is 5.91. The van der Waals surface area contributed by atoms with Crippen molar-refractivity contribution in [1.82, 2.24) is 19.6 Å². The molecule has 0 aliphatic rings. The highest BCUT2D eigenvalue weighted by Gasteiger charge is 2.29. The van der Waals surface area contributed by atoms with Crippen LogP contribution < -0.4 is 5.32 Å². The molecule has 1 amide bonds. The fourth-order valence-electron chi connectivity index (χ4n) is 3.07. The van der Waals surface area contributed by atoms with Crippen LogP contribution in [0.2, 0.25) is 0 Å². The third kappa shape index (κ3) is 3.71. The molecule has 0 aliphatic carbocycles. The number of aryl methyl sites for hydroxylation is 2. The van der Waals surface area contributed by atoms with Gasteiger partial charge >= 0.3 is 5.97 Å². The van der Waals surface area contributed by atoms with E-state index in [1.54, 1.807) is 42.6 Å². The summed E-state index contributed by atoms with van der Waals surface area (Å²) in [6, 6.07) is 6.88. The molecule has 0 spiro atoms. The summed E-state index contributed by atoms with van der Waals surface area (Å²) in [4.78, 5) is 32.2. The molecular formula is C20H23N5O3. The third-order valence-corrected chi connectivity index (χ3v) is 5.02. The summed E-state index contributed by atoms with van der Waals surface area (Å²) in [6.07, 6.45) is 2.29. The number of rotatable bonds is 6. The monoisotopic (exact) mass is 381 g/mol. The number of amides is 1. The number of fused-ring (bicyclic) bond motifs is 1. The number of aromatic nitrogens is 4. The lowest BCUT2D eigenvalue weighted by Crippen LogP contribution is -2.28. The Labute approximate surface area is 162 Å². The molecule has 8 nitrogen and oxygen atoms in total. The molecule has 2 heterocycles. The first-order valence-corrected chi connectivity index (χ1v) is 8.99. The number of hydrogen-bond donors (Lipinski definition) is 2. The zero-order valence-corrected chi connectivity index (χ0v) is 16.4. The molecule has 0 saturated heterocycles. The Morgan fingerprint density at radius 2 is 1.86 bits per heavy atom. The first-order chi connectivity index (χ1) is 13.2. The lowest BCUT2D eigenvalue weighted by Gasteiger charge is -2.20. The number of carboxylic acids is 1. The zero-order valence-electron chi connectivity index (χ0n) is 16.4. The molecule has 146 valence electrons. The van der Waals surface area contributed by atoms with E-state index in [-0.39, 0.29) is 5.91 Å². The van der Waals surface area contributed by atoms with Crippen molar-refractivity contribution >= 4 is 23.3 Å². The third-order valence-electron chi connectivity index (χ3n) is 5.02. The molecule has 0 saturated carbocycles. The van der Waals surface area contributed by atoms with Gasteiger partial charge in [-0.15, -0.1) is 0 Å². The maximum atomic E-state index is 12.4. The zero-order chi connectivity index (χ0) is 20.5. The predicted molar refractivity (Wildman–Crippen MR) is 104 cm³/mol. The summed E-state index contributed by atoms with van der Waals surface area (Å²) in [6.45, 7) is 7.13. The Bertz CT molecular complexity index is 1040. The van der Waals surface area contributed by atoms with Crippen LogP contribution >= 0.6 is 0 Å². The molecular weight excluding hydrogens is 358 g/mol. The SMILES string of the molecule is Cc1nc2ncnn2c(C)c1CCC(=O)Nc1ccc(C(C)(C)C(=O)O)cc1. The van der Waals surface area contributed by atoms with Gasteiger partial charge < -0.3 is 10.4 Å². The van der Waals surface area contributed by atoms with Crippen LogP contribution in [-0.2, 0) is 21.4 Å². The van der Waals surface area contributed by atoms with Crippen molar-refractivity contribution in [3.05, 3.63) is 53.1 Å². The summed E-state index contributed by atoms with van der Waals surface area (Å²) >= 11 is 0. The standard InChI is InChI=1S/C20H23N5O3/c1-12-16(13(2)25-19(23-12)21-11-22-25)9-10-17(26)24-15-7-5-14(6-8-15)20(3,4)18(27)28/h5-8,11H,9-10H2,1-4H3,(H,24,26)(H,27,28). The quantitative estimate of drug-likeness (QED) is 0.679. The normalized spacial score (nSPS) is 11.6. The van der Waals surface area contributed by atoms with Gasteiger partial charge in [-0.05, 0) is 57.4 Å². The van der Waals surface area contributed by atoms with E-state index in [0.29, 0.717) is 29.9 Å². The largest absolute Gasteiger partial charge is 0.481 e. The van der Waals surface area contributed by atoms with Crippen molar-refractivity contribution in [3.63, 3.8) is 0 Å². The van der Waals surface area contributed by atoms with E-state index in [9.17, 15) is 14.7 Å². The van der Waals surface area contributed by atoms with Gasteiger partial charge in [-0.25, -0.2) is 9.50 Å². The number of carbonyl (C=O) groups is 2. The number of carboxylic acid groups (broad SMARTS) is 1. The first kappa shape index (κ1) is 19.5. The topological polar surface area (TPSA) is 109 Å². The molecule has 0 fully saturated rings. The minimum absolute atomic E-state index is 0.122. The summed E-state index contributed by atoms with van der Waals surface area (Å²) < 4.78 is 1.67. The fraction of sp³-hybridized carbons (Fsp3) is 0.350. The van der Waals surface area contributed by atoms with Crippen molar-refractivity contribution in [3.8, 4) is 0 Å². The molecule has 2 N–H and O–H groups in total. The molecule has 8 heteroatoms. The lowest BCUT2D eigenvalue weighted by atomic mass is 9.85. The van der Waals surface area contributed by atoms with Crippen molar-refractivity contribution in [1.29, 1.82) is 0 Å². The van der Waals surface area contributed by atoms with E-state index in [1.165, 1.54) is 6.33 Å². The molecule has 0 aliphatic heterocycles. The fourth-order valence-corrected chi connectivity index (χ4v) is 3.07. The van der Waals surface area contributed by atoms with Crippen molar-refractivity contribution in [2.45, 2.75) is 46.0 Å². The van der Waals surface area contributed by atoms with Crippen LogP contribution in [0.15, 0.2) is 30.6 Å². The van der Waals surface area contributed by atoms with E-state index in [0.717, 1.165) is 17.0 Å². The molecule has 3 aromatic rings. The Morgan fingerprint density at radius 1 is 1.18 bits per heavy atom. The van der Waals surface area contributed by atoms with E-state index in [1.807, 2.05) is 13.8 Å². The highest BCUT2D eigenvalue weighted by atomic mass is 16.4. The summed E-state index contributed by atoms with van der Waals surface area (Å²) in [5.74, 6) is -0.469. The Balaban J connectivity index is 1.66. The minimum atomic E-state index is -0.982. The average molecular weight is 381 g/mol. The maximum Gasteiger partial charge on any atom is 0.313 e. The van der Waals surface area contributed by atoms with Gasteiger partial charge in [0.15, 0.2) is 0 Å². The van der Waals surface area contributed by atoms with Crippen molar-refractivity contribution < 1.29 is 14.7 Å². The number of nitrogens with zero attached hydrogens (tertiary/aromatic N) is 4. The lowest BCUT2D eigenvalue weighted by molar-refractivity contribution is -0.142. The highest BCUT2D eigenvalue weighted by Crippen LogP contribution is 2.25. The van der Waals surface area contributed by atoms with Crippen LogP contribution in [0.3, 0.4) is 0 Å². The van der Waals surface area contributed by atoms with Gasteiger partial charge in [0.25, 0.3) is 5.78 Å². The maximum absolute atomic E-state index is 12.4.